The van der Waals surface area contributed by atoms with Crippen molar-refractivity contribution in [1.29, 1.82) is 0 Å². The maximum absolute atomic E-state index is 13.0. The third-order valence-electron chi connectivity index (χ3n) is 5.58. The maximum Gasteiger partial charge on any atom is 0.339 e. The van der Waals surface area contributed by atoms with Gasteiger partial charge in [-0.1, -0.05) is 29.8 Å². The Bertz CT molecular complexity index is 1540. The SMILES string of the molecule is CCOc1cc(/C=C2\SC(=O)N(CCOc3cccc(C)c3)C2=O)cc(Br)c1OS(=O)(=O)c1ccc(C)cc1. The number of imide groups is 1. The molecule has 0 aliphatic carbocycles. The van der Waals surface area contributed by atoms with Crippen LogP contribution in [0, 0.1) is 13.8 Å². The zero-order valence-electron chi connectivity index (χ0n) is 21.5. The number of amides is 2. The number of carbonyl (C=O) groups excluding carboxylic acids is 2. The summed E-state index contributed by atoms with van der Waals surface area (Å²) in [5.74, 6) is 0.377. The number of rotatable bonds is 10. The molecule has 4 rings (SSSR count). The van der Waals surface area contributed by atoms with Crippen molar-refractivity contribution in [3.8, 4) is 17.2 Å². The molecule has 1 saturated heterocycles. The van der Waals surface area contributed by atoms with Crippen LogP contribution in [0.25, 0.3) is 6.08 Å². The second kappa shape index (κ2) is 12.3. The molecule has 0 bridgehead atoms. The molecule has 1 aliphatic rings. The molecule has 204 valence electrons. The Morgan fingerprint density at radius 3 is 2.41 bits per heavy atom. The molecule has 1 fully saturated rings. The molecule has 3 aromatic carbocycles. The van der Waals surface area contributed by atoms with E-state index < -0.39 is 21.3 Å². The topological polar surface area (TPSA) is 99.2 Å². The minimum absolute atomic E-state index is 0.00609. The van der Waals surface area contributed by atoms with Crippen molar-refractivity contribution >= 4 is 55.0 Å². The first-order valence-corrected chi connectivity index (χ1v) is 15.0. The smallest absolute Gasteiger partial charge is 0.339 e. The molecule has 0 saturated carbocycles. The maximum atomic E-state index is 13.0. The number of nitrogens with zero attached hydrogens (tertiary/aromatic N) is 1. The summed E-state index contributed by atoms with van der Waals surface area (Å²) in [6.07, 6.45) is 1.55. The zero-order chi connectivity index (χ0) is 28.2. The van der Waals surface area contributed by atoms with Gasteiger partial charge in [-0.25, -0.2) is 0 Å². The van der Waals surface area contributed by atoms with E-state index in [9.17, 15) is 18.0 Å². The van der Waals surface area contributed by atoms with Crippen LogP contribution in [0.5, 0.6) is 17.2 Å². The molecule has 11 heteroatoms. The Morgan fingerprint density at radius 2 is 1.72 bits per heavy atom. The lowest BCUT2D eigenvalue weighted by atomic mass is 10.2. The minimum atomic E-state index is -4.13. The second-order valence-corrected chi connectivity index (χ2v) is 12.0. The summed E-state index contributed by atoms with van der Waals surface area (Å²) in [4.78, 5) is 26.9. The Morgan fingerprint density at radius 1 is 0.974 bits per heavy atom. The Hall–Kier alpha value is -3.28. The average Bonchev–Trinajstić information content (AvgIpc) is 3.14. The van der Waals surface area contributed by atoms with E-state index in [1.165, 1.54) is 12.1 Å². The quantitative estimate of drug-likeness (QED) is 0.189. The van der Waals surface area contributed by atoms with Crippen LogP contribution in [0.15, 0.2) is 74.9 Å². The van der Waals surface area contributed by atoms with Gasteiger partial charge >= 0.3 is 10.1 Å². The van der Waals surface area contributed by atoms with E-state index in [-0.39, 0.29) is 41.1 Å². The zero-order valence-corrected chi connectivity index (χ0v) is 24.7. The summed E-state index contributed by atoms with van der Waals surface area (Å²) < 4.78 is 42.9. The van der Waals surface area contributed by atoms with Crippen LogP contribution in [-0.2, 0) is 14.9 Å². The van der Waals surface area contributed by atoms with Crippen molar-refractivity contribution in [3.05, 3.63) is 86.7 Å². The highest BCUT2D eigenvalue weighted by atomic mass is 79.9. The third kappa shape index (κ3) is 7.03. The van der Waals surface area contributed by atoms with Crippen LogP contribution in [0.1, 0.15) is 23.6 Å². The molecule has 0 atom stereocenters. The Balaban J connectivity index is 1.52. The van der Waals surface area contributed by atoms with Gasteiger partial charge in [0.05, 0.1) is 22.5 Å². The number of halogens is 1. The molecular formula is C28H26BrNO7S2. The van der Waals surface area contributed by atoms with Crippen LogP contribution in [0.4, 0.5) is 4.79 Å². The highest BCUT2D eigenvalue weighted by Crippen LogP contribution is 2.40. The summed E-state index contributed by atoms with van der Waals surface area (Å²) >= 11 is 4.19. The van der Waals surface area contributed by atoms with Gasteiger partial charge in [-0.3, -0.25) is 14.5 Å². The molecular weight excluding hydrogens is 606 g/mol. The highest BCUT2D eigenvalue weighted by molar-refractivity contribution is 9.10. The van der Waals surface area contributed by atoms with Crippen molar-refractivity contribution in [3.63, 3.8) is 0 Å². The lowest BCUT2D eigenvalue weighted by molar-refractivity contribution is -0.123. The summed E-state index contributed by atoms with van der Waals surface area (Å²) in [5, 5.41) is -0.396. The van der Waals surface area contributed by atoms with Gasteiger partial charge in [-0.15, -0.1) is 0 Å². The van der Waals surface area contributed by atoms with Gasteiger partial charge < -0.3 is 13.7 Å². The fourth-order valence-corrected chi connectivity index (χ4v) is 6.15. The fourth-order valence-electron chi connectivity index (χ4n) is 3.68. The molecule has 3 aromatic rings. The van der Waals surface area contributed by atoms with Crippen molar-refractivity contribution in [1.82, 2.24) is 4.90 Å². The third-order valence-corrected chi connectivity index (χ3v) is 8.31. The van der Waals surface area contributed by atoms with Crippen molar-refractivity contribution in [2.75, 3.05) is 19.8 Å². The molecule has 39 heavy (non-hydrogen) atoms. The van der Waals surface area contributed by atoms with E-state index >= 15 is 0 Å². The Labute approximate surface area is 240 Å². The molecule has 0 unspecified atom stereocenters. The number of aryl methyl sites for hydroxylation is 2. The molecule has 1 heterocycles. The fraction of sp³-hybridized carbons (Fsp3) is 0.214. The predicted molar refractivity (Wildman–Crippen MR) is 154 cm³/mol. The van der Waals surface area contributed by atoms with Crippen molar-refractivity contribution in [2.24, 2.45) is 0 Å². The van der Waals surface area contributed by atoms with E-state index in [1.807, 2.05) is 38.1 Å². The summed E-state index contributed by atoms with van der Waals surface area (Å²) in [7, 11) is -4.13. The van der Waals surface area contributed by atoms with E-state index in [4.69, 9.17) is 13.7 Å². The molecule has 1 aliphatic heterocycles. The van der Waals surface area contributed by atoms with E-state index in [1.54, 1.807) is 37.3 Å². The number of ether oxygens (including phenoxy) is 2. The van der Waals surface area contributed by atoms with Crippen LogP contribution in [0.2, 0.25) is 0 Å². The Kier molecular flexibility index (Phi) is 9.04. The number of carbonyl (C=O) groups is 2. The summed E-state index contributed by atoms with van der Waals surface area (Å²) in [6, 6.07) is 17.0. The van der Waals surface area contributed by atoms with Gasteiger partial charge in [0.2, 0.25) is 0 Å². The van der Waals surface area contributed by atoms with Gasteiger partial charge in [-0.05, 0) is 102 Å². The molecule has 2 amide bonds. The van der Waals surface area contributed by atoms with Gasteiger partial charge in [0.25, 0.3) is 11.1 Å². The molecule has 0 radical (unpaired) electrons. The van der Waals surface area contributed by atoms with E-state index in [0.29, 0.717) is 15.8 Å². The van der Waals surface area contributed by atoms with Crippen LogP contribution < -0.4 is 13.7 Å². The van der Waals surface area contributed by atoms with Gasteiger partial charge in [-0.2, -0.15) is 8.42 Å². The van der Waals surface area contributed by atoms with E-state index in [0.717, 1.165) is 27.8 Å². The first-order chi connectivity index (χ1) is 18.6. The molecule has 0 N–H and O–H groups in total. The standard InChI is InChI=1S/C28H26BrNO7S2/c1-4-35-24-16-20(15-23(29)26(24)37-39(33,34)22-10-8-18(2)9-11-22)17-25-27(31)30(28(32)38-25)12-13-36-21-7-5-6-19(3)14-21/h5-11,14-17H,4,12-13H2,1-3H3/b25-17-. The van der Waals surface area contributed by atoms with Crippen LogP contribution in [0.3, 0.4) is 0 Å². The lowest BCUT2D eigenvalue weighted by Crippen LogP contribution is -2.32. The molecule has 8 nitrogen and oxygen atoms in total. The molecule has 0 aromatic heterocycles. The predicted octanol–water partition coefficient (Wildman–Crippen LogP) is 6.35. The number of hydrogen-bond donors (Lipinski definition) is 0. The van der Waals surface area contributed by atoms with Crippen LogP contribution in [-0.4, -0.2) is 44.2 Å². The van der Waals surface area contributed by atoms with Gasteiger partial charge in [0, 0.05) is 0 Å². The first kappa shape index (κ1) is 28.7. The highest BCUT2D eigenvalue weighted by Gasteiger charge is 2.35. The van der Waals surface area contributed by atoms with Crippen molar-refractivity contribution < 1.29 is 31.7 Å². The van der Waals surface area contributed by atoms with Gasteiger partial charge in [0.1, 0.15) is 17.3 Å². The second-order valence-electron chi connectivity index (χ2n) is 8.61. The first-order valence-electron chi connectivity index (χ1n) is 12.0. The van der Waals surface area contributed by atoms with Crippen LogP contribution >= 0.6 is 27.7 Å². The summed E-state index contributed by atoms with van der Waals surface area (Å²) in [6.45, 7) is 6.07. The van der Waals surface area contributed by atoms with E-state index in [2.05, 4.69) is 15.9 Å². The lowest BCUT2D eigenvalue weighted by Gasteiger charge is -2.15. The largest absolute Gasteiger partial charge is 0.492 e. The van der Waals surface area contributed by atoms with Gasteiger partial charge in [0.15, 0.2) is 11.5 Å². The van der Waals surface area contributed by atoms with Crippen molar-refractivity contribution in [2.45, 2.75) is 25.7 Å². The monoisotopic (exact) mass is 631 g/mol. The number of thioether (sulfide) groups is 1. The molecule has 0 spiro atoms. The number of hydrogen-bond acceptors (Lipinski definition) is 8. The minimum Gasteiger partial charge on any atom is -0.492 e. The normalized spacial score (nSPS) is 14.7. The average molecular weight is 633 g/mol. The number of benzene rings is 3. The summed E-state index contributed by atoms with van der Waals surface area (Å²) in [5.41, 5.74) is 2.48.